The van der Waals surface area contributed by atoms with Crippen LogP contribution in [0, 0.1) is 23.0 Å². The van der Waals surface area contributed by atoms with Crippen molar-refractivity contribution in [2.24, 2.45) is 5.92 Å². The van der Waals surface area contributed by atoms with Crippen LogP contribution in [-0.4, -0.2) is 46.5 Å². The number of hydrogen-bond donors (Lipinski definition) is 1. The molecule has 20 heavy (non-hydrogen) atoms. The maximum absolute atomic E-state index is 11.1. The number of anilines is 1. The van der Waals surface area contributed by atoms with Crippen molar-refractivity contribution in [1.82, 2.24) is 14.9 Å². The molecule has 2 rings (SSSR count). The lowest BCUT2D eigenvalue weighted by Gasteiger charge is -2.29. The number of piperidine rings is 1. The first-order valence-corrected chi connectivity index (χ1v) is 6.96. The molecule has 1 aliphatic heterocycles. The van der Waals surface area contributed by atoms with Crippen LogP contribution in [0.1, 0.15) is 18.5 Å². The predicted molar refractivity (Wildman–Crippen MR) is 77.1 cm³/mol. The van der Waals surface area contributed by atoms with Gasteiger partial charge >= 0.3 is 5.69 Å². The van der Waals surface area contributed by atoms with E-state index in [1.807, 2.05) is 0 Å². The lowest BCUT2D eigenvalue weighted by molar-refractivity contribution is -0.385. The first-order valence-electron chi connectivity index (χ1n) is 6.58. The third-order valence-electron chi connectivity index (χ3n) is 3.61. The molecule has 0 spiro atoms. The third kappa shape index (κ3) is 3.55. The number of rotatable bonds is 4. The second-order valence-electron chi connectivity index (χ2n) is 5.16. The van der Waals surface area contributed by atoms with E-state index < -0.39 is 4.92 Å². The molecule has 0 atom stereocenters. The standard InChI is InChI=1S/C12H18ClN5O2/c1-8-10(18(19)20)11(16-12(13)15-8)14-7-9-3-5-17(2)6-4-9/h9H,3-7H2,1-2H3,(H,14,15,16). The van der Waals surface area contributed by atoms with Gasteiger partial charge in [-0.1, -0.05) is 0 Å². The maximum atomic E-state index is 11.1. The summed E-state index contributed by atoms with van der Waals surface area (Å²) in [6, 6.07) is 0. The largest absolute Gasteiger partial charge is 0.364 e. The molecule has 0 amide bonds. The topological polar surface area (TPSA) is 84.2 Å². The van der Waals surface area contributed by atoms with E-state index in [9.17, 15) is 10.1 Å². The molecule has 1 aliphatic rings. The van der Waals surface area contributed by atoms with E-state index in [1.165, 1.54) is 0 Å². The molecule has 110 valence electrons. The number of aromatic nitrogens is 2. The number of nitrogens with one attached hydrogen (secondary N) is 1. The Morgan fingerprint density at radius 1 is 1.45 bits per heavy atom. The zero-order valence-electron chi connectivity index (χ0n) is 11.6. The Bertz CT molecular complexity index is 503. The normalized spacial score (nSPS) is 17.1. The van der Waals surface area contributed by atoms with Crippen molar-refractivity contribution in [3.63, 3.8) is 0 Å². The Labute approximate surface area is 122 Å². The third-order valence-corrected chi connectivity index (χ3v) is 3.78. The zero-order valence-corrected chi connectivity index (χ0v) is 12.4. The molecule has 1 aromatic rings. The fraction of sp³-hybridized carbons (Fsp3) is 0.667. The summed E-state index contributed by atoms with van der Waals surface area (Å²) < 4.78 is 0. The Morgan fingerprint density at radius 2 is 2.10 bits per heavy atom. The Kier molecular flexibility index (Phi) is 4.72. The highest BCUT2D eigenvalue weighted by Gasteiger charge is 2.23. The zero-order chi connectivity index (χ0) is 14.7. The lowest BCUT2D eigenvalue weighted by Crippen LogP contribution is -2.33. The molecule has 2 heterocycles. The SMILES string of the molecule is Cc1nc(Cl)nc(NCC2CCN(C)CC2)c1[N+](=O)[O-]. The number of nitrogens with zero attached hydrogens (tertiary/aromatic N) is 4. The Balaban J connectivity index is 2.07. The number of halogens is 1. The molecule has 0 aliphatic carbocycles. The molecule has 1 fully saturated rings. The maximum Gasteiger partial charge on any atom is 0.332 e. The van der Waals surface area contributed by atoms with Crippen LogP contribution in [0.3, 0.4) is 0 Å². The smallest absolute Gasteiger partial charge is 0.332 e. The summed E-state index contributed by atoms with van der Waals surface area (Å²) in [6.45, 7) is 4.34. The van der Waals surface area contributed by atoms with Gasteiger partial charge in [-0.15, -0.1) is 0 Å². The minimum atomic E-state index is -0.470. The van der Waals surface area contributed by atoms with Crippen molar-refractivity contribution in [3.05, 3.63) is 21.1 Å². The molecule has 7 nitrogen and oxygen atoms in total. The van der Waals surface area contributed by atoms with Crippen molar-refractivity contribution < 1.29 is 4.92 Å². The van der Waals surface area contributed by atoms with Crippen molar-refractivity contribution >= 4 is 23.1 Å². The average Bonchev–Trinajstić information content (AvgIpc) is 2.36. The second kappa shape index (κ2) is 6.32. The molecule has 0 aromatic carbocycles. The van der Waals surface area contributed by atoms with E-state index >= 15 is 0 Å². The molecule has 1 aromatic heterocycles. The van der Waals surface area contributed by atoms with Gasteiger partial charge in [0.05, 0.1) is 4.92 Å². The number of likely N-dealkylation sites (tertiary alicyclic amines) is 1. The summed E-state index contributed by atoms with van der Waals surface area (Å²) in [7, 11) is 2.10. The fourth-order valence-electron chi connectivity index (χ4n) is 2.38. The van der Waals surface area contributed by atoms with E-state index in [2.05, 4.69) is 27.2 Å². The van der Waals surface area contributed by atoms with Crippen LogP contribution in [0.5, 0.6) is 0 Å². The number of aryl methyl sites for hydroxylation is 1. The van der Waals surface area contributed by atoms with E-state index in [0.717, 1.165) is 25.9 Å². The molecule has 1 saturated heterocycles. The molecule has 1 N–H and O–H groups in total. The molecule has 0 saturated carbocycles. The fourth-order valence-corrected chi connectivity index (χ4v) is 2.59. The molecule has 0 radical (unpaired) electrons. The summed E-state index contributed by atoms with van der Waals surface area (Å²) in [5.74, 6) is 0.714. The molecular formula is C12H18ClN5O2. The molecular weight excluding hydrogens is 282 g/mol. The first kappa shape index (κ1) is 14.9. The van der Waals surface area contributed by atoms with Gasteiger partial charge in [0.2, 0.25) is 11.1 Å². The van der Waals surface area contributed by atoms with E-state index in [4.69, 9.17) is 11.6 Å². The summed E-state index contributed by atoms with van der Waals surface area (Å²) in [4.78, 5) is 20.7. The average molecular weight is 300 g/mol. The van der Waals surface area contributed by atoms with E-state index in [-0.39, 0.29) is 22.5 Å². The lowest BCUT2D eigenvalue weighted by atomic mass is 9.97. The first-order chi connectivity index (χ1) is 9.47. The summed E-state index contributed by atoms with van der Waals surface area (Å²) in [5.41, 5.74) is 0.184. The van der Waals surface area contributed by atoms with Gasteiger partial charge in [0.1, 0.15) is 5.69 Å². The molecule has 0 unspecified atom stereocenters. The van der Waals surface area contributed by atoms with Gasteiger partial charge in [0.15, 0.2) is 0 Å². The summed E-state index contributed by atoms with van der Waals surface area (Å²) >= 11 is 5.78. The van der Waals surface area contributed by atoms with Gasteiger partial charge in [-0.05, 0) is 57.4 Å². The van der Waals surface area contributed by atoms with Gasteiger partial charge in [0.25, 0.3) is 0 Å². The van der Waals surface area contributed by atoms with Gasteiger partial charge in [0, 0.05) is 6.54 Å². The monoisotopic (exact) mass is 299 g/mol. The number of hydrogen-bond acceptors (Lipinski definition) is 6. The van der Waals surface area contributed by atoms with Gasteiger partial charge in [-0.3, -0.25) is 10.1 Å². The van der Waals surface area contributed by atoms with Crippen LogP contribution in [0.25, 0.3) is 0 Å². The van der Waals surface area contributed by atoms with Gasteiger partial charge < -0.3 is 10.2 Å². The minimum Gasteiger partial charge on any atom is -0.364 e. The van der Waals surface area contributed by atoms with Gasteiger partial charge in [-0.25, -0.2) is 4.98 Å². The van der Waals surface area contributed by atoms with Crippen LogP contribution >= 0.6 is 11.6 Å². The molecule has 8 heteroatoms. The predicted octanol–water partition coefficient (Wildman–Crippen LogP) is 2.10. The van der Waals surface area contributed by atoms with Crippen LogP contribution < -0.4 is 5.32 Å². The highest BCUT2D eigenvalue weighted by Crippen LogP contribution is 2.27. The van der Waals surface area contributed by atoms with Crippen LogP contribution in [0.15, 0.2) is 0 Å². The van der Waals surface area contributed by atoms with Gasteiger partial charge in [-0.2, -0.15) is 4.98 Å². The minimum absolute atomic E-state index is 0.0268. The van der Waals surface area contributed by atoms with Crippen molar-refractivity contribution in [2.75, 3.05) is 32.0 Å². The highest BCUT2D eigenvalue weighted by atomic mass is 35.5. The van der Waals surface area contributed by atoms with Crippen LogP contribution in [0.4, 0.5) is 11.5 Å². The van der Waals surface area contributed by atoms with Crippen LogP contribution in [-0.2, 0) is 0 Å². The van der Waals surface area contributed by atoms with Crippen molar-refractivity contribution in [3.8, 4) is 0 Å². The number of nitro groups is 1. The van der Waals surface area contributed by atoms with Crippen molar-refractivity contribution in [1.29, 1.82) is 0 Å². The summed E-state index contributed by atoms with van der Waals surface area (Å²) in [6.07, 6.45) is 2.16. The second-order valence-corrected chi connectivity index (χ2v) is 5.50. The van der Waals surface area contributed by atoms with E-state index in [1.54, 1.807) is 6.92 Å². The van der Waals surface area contributed by atoms with E-state index in [0.29, 0.717) is 12.5 Å². The Morgan fingerprint density at radius 3 is 2.70 bits per heavy atom. The van der Waals surface area contributed by atoms with Crippen molar-refractivity contribution in [2.45, 2.75) is 19.8 Å². The quantitative estimate of drug-likeness (QED) is 0.521. The highest BCUT2D eigenvalue weighted by molar-refractivity contribution is 6.28. The molecule has 0 bridgehead atoms. The van der Waals surface area contributed by atoms with Crippen LogP contribution in [0.2, 0.25) is 5.28 Å². The summed E-state index contributed by atoms with van der Waals surface area (Å²) in [5, 5.41) is 14.2. The Hall–Kier alpha value is -1.47.